The minimum atomic E-state index is 0.332. The molecule has 0 unspecified atom stereocenters. The van der Waals surface area contributed by atoms with E-state index in [0.29, 0.717) is 23.1 Å². The maximum absolute atomic E-state index is 11.0. The lowest BCUT2D eigenvalue weighted by Gasteiger charge is -2.14. The molecule has 0 bridgehead atoms. The largest absolute Gasteiger partial charge is 0.489 e. The summed E-state index contributed by atoms with van der Waals surface area (Å²) in [4.78, 5) is 11.0. The van der Waals surface area contributed by atoms with Crippen molar-refractivity contribution in [1.82, 2.24) is 0 Å². The van der Waals surface area contributed by atoms with Crippen LogP contribution in [0.2, 0.25) is 5.02 Å². The quantitative estimate of drug-likeness (QED) is 0.735. The third-order valence-electron chi connectivity index (χ3n) is 3.16. The van der Waals surface area contributed by atoms with E-state index in [1.54, 1.807) is 18.2 Å². The summed E-state index contributed by atoms with van der Waals surface area (Å²) in [5.74, 6) is 1.23. The Morgan fingerprint density at radius 3 is 2.65 bits per heavy atom. The van der Waals surface area contributed by atoms with Crippen LogP contribution in [-0.2, 0) is 6.61 Å². The maximum Gasteiger partial charge on any atom is 0.150 e. The Bertz CT molecular complexity index is 606. The number of carbonyl (C=O) groups excluding carboxylic acids is 1. The lowest BCUT2D eigenvalue weighted by Crippen LogP contribution is -2.02. The normalized spacial score (nSPS) is 10.6. The third kappa shape index (κ3) is 3.40. The first-order chi connectivity index (χ1) is 9.61. The van der Waals surface area contributed by atoms with Gasteiger partial charge in [-0.2, -0.15) is 0 Å². The second-order valence-electron chi connectivity index (χ2n) is 4.94. The number of rotatable bonds is 5. The van der Waals surface area contributed by atoms with Gasteiger partial charge in [0.05, 0.1) is 0 Å². The average molecular weight is 289 g/mol. The first-order valence-corrected chi connectivity index (χ1v) is 6.95. The van der Waals surface area contributed by atoms with Gasteiger partial charge in [0.2, 0.25) is 0 Å². The Morgan fingerprint density at radius 1 is 1.20 bits per heavy atom. The van der Waals surface area contributed by atoms with Crippen LogP contribution in [0.1, 0.15) is 41.3 Å². The summed E-state index contributed by atoms with van der Waals surface area (Å²) in [6.07, 6.45) is 0.823. The average Bonchev–Trinajstić information content (AvgIpc) is 2.45. The highest BCUT2D eigenvalue weighted by Crippen LogP contribution is 2.27. The van der Waals surface area contributed by atoms with Crippen molar-refractivity contribution in [2.75, 3.05) is 0 Å². The van der Waals surface area contributed by atoms with Crippen LogP contribution < -0.4 is 4.74 Å². The van der Waals surface area contributed by atoms with Gasteiger partial charge in [0.1, 0.15) is 18.6 Å². The molecule has 20 heavy (non-hydrogen) atoms. The molecule has 2 nitrogen and oxygen atoms in total. The number of hydrogen-bond acceptors (Lipinski definition) is 2. The molecule has 0 amide bonds. The van der Waals surface area contributed by atoms with E-state index in [1.807, 2.05) is 18.2 Å². The zero-order valence-electron chi connectivity index (χ0n) is 11.6. The molecule has 0 aliphatic carbocycles. The Labute approximate surface area is 124 Å². The van der Waals surface area contributed by atoms with Crippen LogP contribution in [0.25, 0.3) is 0 Å². The van der Waals surface area contributed by atoms with Gasteiger partial charge in [0.15, 0.2) is 0 Å². The molecule has 0 aliphatic rings. The predicted molar refractivity (Wildman–Crippen MR) is 81.7 cm³/mol. The Kier molecular flexibility index (Phi) is 4.80. The highest BCUT2D eigenvalue weighted by atomic mass is 35.5. The standard InChI is InChI=1S/C17H17ClO2/c1-12(2)16-5-3-4-6-17(16)20-11-14-9-15(18)8-7-13(14)10-19/h3-10,12H,11H2,1-2H3. The van der Waals surface area contributed by atoms with E-state index < -0.39 is 0 Å². The highest BCUT2D eigenvalue weighted by molar-refractivity contribution is 6.30. The van der Waals surface area contributed by atoms with Crippen molar-refractivity contribution in [3.8, 4) is 5.75 Å². The van der Waals surface area contributed by atoms with Gasteiger partial charge in [-0.3, -0.25) is 4.79 Å². The highest BCUT2D eigenvalue weighted by Gasteiger charge is 2.09. The Hall–Kier alpha value is -1.80. The maximum atomic E-state index is 11.0. The number of ether oxygens (including phenoxy) is 1. The van der Waals surface area contributed by atoms with E-state index in [0.717, 1.165) is 23.2 Å². The third-order valence-corrected chi connectivity index (χ3v) is 3.39. The van der Waals surface area contributed by atoms with Crippen molar-refractivity contribution in [2.45, 2.75) is 26.4 Å². The summed E-state index contributed by atoms with van der Waals surface area (Å²) >= 11 is 5.97. The van der Waals surface area contributed by atoms with Crippen LogP contribution >= 0.6 is 11.6 Å². The molecule has 0 spiro atoms. The van der Waals surface area contributed by atoms with Crippen molar-refractivity contribution < 1.29 is 9.53 Å². The second-order valence-corrected chi connectivity index (χ2v) is 5.38. The van der Waals surface area contributed by atoms with Gasteiger partial charge in [-0.05, 0) is 35.7 Å². The molecule has 0 saturated heterocycles. The van der Waals surface area contributed by atoms with Crippen LogP contribution in [-0.4, -0.2) is 6.29 Å². The van der Waals surface area contributed by atoms with Crippen LogP contribution in [0.5, 0.6) is 5.75 Å². The molecule has 2 aromatic carbocycles. The summed E-state index contributed by atoms with van der Waals surface area (Å²) in [7, 11) is 0. The molecule has 0 N–H and O–H groups in total. The van der Waals surface area contributed by atoms with Crippen LogP contribution in [0.15, 0.2) is 42.5 Å². The van der Waals surface area contributed by atoms with E-state index in [-0.39, 0.29) is 0 Å². The van der Waals surface area contributed by atoms with E-state index in [4.69, 9.17) is 16.3 Å². The molecule has 104 valence electrons. The Balaban J connectivity index is 2.21. The van der Waals surface area contributed by atoms with Gasteiger partial charge in [-0.25, -0.2) is 0 Å². The number of carbonyl (C=O) groups is 1. The van der Waals surface area contributed by atoms with Gasteiger partial charge in [-0.1, -0.05) is 43.6 Å². The topological polar surface area (TPSA) is 26.3 Å². The van der Waals surface area contributed by atoms with Crippen molar-refractivity contribution in [3.63, 3.8) is 0 Å². The summed E-state index contributed by atoms with van der Waals surface area (Å²) in [6.45, 7) is 4.58. The van der Waals surface area contributed by atoms with E-state index in [2.05, 4.69) is 19.9 Å². The molecular formula is C17H17ClO2. The number of hydrogen-bond donors (Lipinski definition) is 0. The molecule has 0 radical (unpaired) electrons. The fourth-order valence-electron chi connectivity index (χ4n) is 2.06. The number of halogens is 1. The summed E-state index contributed by atoms with van der Waals surface area (Å²) in [5.41, 5.74) is 2.56. The van der Waals surface area contributed by atoms with Crippen LogP contribution in [0, 0.1) is 0 Å². The molecule has 2 rings (SSSR count). The van der Waals surface area contributed by atoms with Crippen molar-refractivity contribution in [2.24, 2.45) is 0 Å². The van der Waals surface area contributed by atoms with Crippen molar-refractivity contribution in [3.05, 3.63) is 64.2 Å². The molecule has 0 aliphatic heterocycles. The second kappa shape index (κ2) is 6.58. The summed E-state index contributed by atoms with van der Waals surface area (Å²) < 4.78 is 5.86. The molecule has 0 heterocycles. The summed E-state index contributed by atoms with van der Waals surface area (Å²) in [6, 6.07) is 13.1. The van der Waals surface area contributed by atoms with Crippen LogP contribution in [0.3, 0.4) is 0 Å². The van der Waals surface area contributed by atoms with E-state index in [9.17, 15) is 4.79 Å². The first-order valence-electron chi connectivity index (χ1n) is 6.57. The van der Waals surface area contributed by atoms with E-state index >= 15 is 0 Å². The van der Waals surface area contributed by atoms with Gasteiger partial charge < -0.3 is 4.74 Å². The van der Waals surface area contributed by atoms with Crippen molar-refractivity contribution in [1.29, 1.82) is 0 Å². The lowest BCUT2D eigenvalue weighted by atomic mass is 10.0. The number of para-hydroxylation sites is 1. The smallest absolute Gasteiger partial charge is 0.150 e. The minimum Gasteiger partial charge on any atom is -0.489 e. The molecule has 0 fully saturated rings. The molecule has 0 aromatic heterocycles. The lowest BCUT2D eigenvalue weighted by molar-refractivity contribution is 0.112. The fraction of sp³-hybridized carbons (Fsp3) is 0.235. The zero-order chi connectivity index (χ0) is 14.5. The monoisotopic (exact) mass is 288 g/mol. The minimum absolute atomic E-state index is 0.332. The molecule has 2 aromatic rings. The molecular weight excluding hydrogens is 272 g/mol. The predicted octanol–water partition coefficient (Wildman–Crippen LogP) is 4.85. The van der Waals surface area contributed by atoms with Gasteiger partial charge in [0, 0.05) is 16.1 Å². The van der Waals surface area contributed by atoms with Gasteiger partial charge >= 0.3 is 0 Å². The van der Waals surface area contributed by atoms with Gasteiger partial charge in [0.25, 0.3) is 0 Å². The molecule has 3 heteroatoms. The first kappa shape index (κ1) is 14.6. The SMILES string of the molecule is CC(C)c1ccccc1OCc1cc(Cl)ccc1C=O. The van der Waals surface area contributed by atoms with Crippen LogP contribution in [0.4, 0.5) is 0 Å². The fourth-order valence-corrected chi connectivity index (χ4v) is 2.25. The summed E-state index contributed by atoms with van der Waals surface area (Å²) in [5, 5.41) is 0.603. The Morgan fingerprint density at radius 2 is 1.95 bits per heavy atom. The molecule has 0 atom stereocenters. The molecule has 0 saturated carbocycles. The number of benzene rings is 2. The zero-order valence-corrected chi connectivity index (χ0v) is 12.4. The van der Waals surface area contributed by atoms with E-state index in [1.165, 1.54) is 0 Å². The van der Waals surface area contributed by atoms with Gasteiger partial charge in [-0.15, -0.1) is 0 Å². The number of aldehydes is 1. The van der Waals surface area contributed by atoms with Crippen molar-refractivity contribution >= 4 is 17.9 Å².